The van der Waals surface area contributed by atoms with Crippen LogP contribution in [0.3, 0.4) is 0 Å². The number of benzene rings is 2. The lowest BCUT2D eigenvalue weighted by Crippen LogP contribution is -2.23. The first-order valence-electron chi connectivity index (χ1n) is 10.4. The molecular formula is C24H22N4O3. The third-order valence-electron chi connectivity index (χ3n) is 5.91. The summed E-state index contributed by atoms with van der Waals surface area (Å²) in [5, 5.41) is 8.68. The number of amides is 1. The second-order valence-electron chi connectivity index (χ2n) is 7.93. The molecule has 1 amide bonds. The molecule has 0 spiro atoms. The lowest BCUT2D eigenvalue weighted by Gasteiger charge is -2.20. The highest BCUT2D eigenvalue weighted by atomic mass is 16.5. The maximum absolute atomic E-state index is 12.9. The molecule has 7 heteroatoms. The van der Waals surface area contributed by atoms with Crippen LogP contribution in [-0.2, 0) is 13.6 Å². The molecule has 0 radical (unpaired) electrons. The van der Waals surface area contributed by atoms with E-state index in [4.69, 9.17) is 4.52 Å². The van der Waals surface area contributed by atoms with Gasteiger partial charge in [0.25, 0.3) is 5.91 Å². The summed E-state index contributed by atoms with van der Waals surface area (Å²) < 4.78 is 6.87. The zero-order valence-electron chi connectivity index (χ0n) is 17.2. The molecule has 31 heavy (non-hydrogen) atoms. The van der Waals surface area contributed by atoms with E-state index >= 15 is 0 Å². The molecule has 2 heterocycles. The fourth-order valence-electron chi connectivity index (χ4n) is 3.93. The Morgan fingerprint density at radius 1 is 1.13 bits per heavy atom. The maximum atomic E-state index is 12.9. The van der Waals surface area contributed by atoms with Gasteiger partial charge in [-0.25, -0.2) is 0 Å². The largest absolute Gasteiger partial charge is 0.345 e. The number of fused-ring (bicyclic) bond motifs is 1. The van der Waals surface area contributed by atoms with E-state index in [1.54, 1.807) is 36.0 Å². The number of carbonyl (C=O) groups is 1. The molecule has 0 aliphatic heterocycles. The lowest BCUT2D eigenvalue weighted by molar-refractivity contribution is 0.0951. The minimum absolute atomic E-state index is 0.0639. The molecule has 1 N–H and O–H groups in total. The van der Waals surface area contributed by atoms with Crippen LogP contribution in [0.1, 0.15) is 47.3 Å². The number of aryl methyl sites for hydroxylation is 1. The van der Waals surface area contributed by atoms with Crippen LogP contribution in [0.25, 0.3) is 21.9 Å². The summed E-state index contributed by atoms with van der Waals surface area (Å²) >= 11 is 0. The third-order valence-corrected chi connectivity index (χ3v) is 5.91. The normalized spacial score (nSPS) is 13.8. The van der Waals surface area contributed by atoms with Crippen LogP contribution in [0.15, 0.2) is 64.0 Å². The van der Waals surface area contributed by atoms with Gasteiger partial charge < -0.3 is 14.4 Å². The van der Waals surface area contributed by atoms with Gasteiger partial charge in [-0.3, -0.25) is 9.59 Å². The molecule has 1 aliphatic carbocycles. The lowest BCUT2D eigenvalue weighted by atomic mass is 9.85. The van der Waals surface area contributed by atoms with E-state index in [0.29, 0.717) is 23.2 Å². The van der Waals surface area contributed by atoms with E-state index < -0.39 is 0 Å². The Labute approximate surface area is 178 Å². The molecule has 0 atom stereocenters. The Morgan fingerprint density at radius 3 is 2.71 bits per heavy atom. The standard InChI is InChI=1S/C24H22N4O3/c1-28-14-16(11-12-22(28)29)17-7-3-9-19-18(17)8-4-10-20(19)23(30)25-13-21-26-24(31-27-21)15-5-2-6-15/h3-4,7-12,14-15H,2,5-6,13H2,1H3,(H,25,30). The number of nitrogens with zero attached hydrogens (tertiary/aromatic N) is 3. The van der Waals surface area contributed by atoms with E-state index in [2.05, 4.69) is 15.5 Å². The second kappa shape index (κ2) is 7.83. The zero-order valence-corrected chi connectivity index (χ0v) is 17.2. The van der Waals surface area contributed by atoms with Crippen LogP contribution >= 0.6 is 0 Å². The van der Waals surface area contributed by atoms with E-state index in [-0.39, 0.29) is 18.0 Å². The van der Waals surface area contributed by atoms with Gasteiger partial charge in [0.1, 0.15) is 0 Å². The molecule has 0 unspecified atom stereocenters. The number of aromatic nitrogens is 3. The molecule has 5 rings (SSSR count). The van der Waals surface area contributed by atoms with Crippen LogP contribution in [0.5, 0.6) is 0 Å². The molecule has 1 saturated carbocycles. The molecule has 0 saturated heterocycles. The van der Waals surface area contributed by atoms with Crippen LogP contribution < -0.4 is 10.9 Å². The molecule has 2 aromatic carbocycles. The summed E-state index contributed by atoms with van der Waals surface area (Å²) in [6, 6.07) is 14.8. The summed E-state index contributed by atoms with van der Waals surface area (Å²) in [4.78, 5) is 29.1. The number of pyridine rings is 1. The molecule has 156 valence electrons. The summed E-state index contributed by atoms with van der Waals surface area (Å²) in [5.41, 5.74) is 2.39. The van der Waals surface area contributed by atoms with Crippen molar-refractivity contribution >= 4 is 16.7 Å². The summed E-state index contributed by atoms with van der Waals surface area (Å²) in [6.45, 7) is 0.214. The zero-order chi connectivity index (χ0) is 21.4. The summed E-state index contributed by atoms with van der Waals surface area (Å²) in [6.07, 6.45) is 5.17. The van der Waals surface area contributed by atoms with Gasteiger partial charge >= 0.3 is 0 Å². The van der Waals surface area contributed by atoms with Crippen molar-refractivity contribution in [3.8, 4) is 11.1 Å². The van der Waals surface area contributed by atoms with Crippen molar-refractivity contribution in [1.29, 1.82) is 0 Å². The van der Waals surface area contributed by atoms with Gasteiger partial charge in [-0.1, -0.05) is 41.9 Å². The van der Waals surface area contributed by atoms with Gasteiger partial charge in [-0.2, -0.15) is 4.98 Å². The van der Waals surface area contributed by atoms with E-state index in [1.165, 1.54) is 6.42 Å². The highest BCUT2D eigenvalue weighted by Crippen LogP contribution is 2.35. The monoisotopic (exact) mass is 414 g/mol. The van der Waals surface area contributed by atoms with Crippen LogP contribution in [-0.4, -0.2) is 20.6 Å². The van der Waals surface area contributed by atoms with Crippen molar-refractivity contribution in [3.05, 3.63) is 82.4 Å². The van der Waals surface area contributed by atoms with E-state index in [9.17, 15) is 9.59 Å². The number of hydrogen-bond acceptors (Lipinski definition) is 5. The van der Waals surface area contributed by atoms with Gasteiger partial charge in [0.2, 0.25) is 11.4 Å². The van der Waals surface area contributed by atoms with E-state index in [0.717, 1.165) is 34.7 Å². The quantitative estimate of drug-likeness (QED) is 0.537. The van der Waals surface area contributed by atoms with Crippen LogP contribution in [0.4, 0.5) is 0 Å². The van der Waals surface area contributed by atoms with Crippen molar-refractivity contribution in [3.63, 3.8) is 0 Å². The highest BCUT2D eigenvalue weighted by molar-refractivity contribution is 6.10. The Bertz CT molecular complexity index is 1330. The van der Waals surface area contributed by atoms with Crippen LogP contribution in [0, 0.1) is 0 Å². The van der Waals surface area contributed by atoms with Gasteiger partial charge in [-0.05, 0) is 46.9 Å². The van der Waals surface area contributed by atoms with Crippen molar-refractivity contribution < 1.29 is 9.32 Å². The first-order chi connectivity index (χ1) is 15.1. The Balaban J connectivity index is 1.41. The SMILES string of the molecule is Cn1cc(-c2cccc3c(C(=O)NCc4noc(C5CCC5)n4)cccc23)ccc1=O. The number of carbonyl (C=O) groups excluding carboxylic acids is 1. The number of nitrogens with one attached hydrogen (secondary N) is 1. The number of rotatable bonds is 5. The Hall–Kier alpha value is -3.74. The van der Waals surface area contributed by atoms with Gasteiger partial charge in [-0.15, -0.1) is 0 Å². The summed E-state index contributed by atoms with van der Waals surface area (Å²) in [7, 11) is 1.73. The molecule has 4 aromatic rings. The first kappa shape index (κ1) is 19.2. The fraction of sp³-hybridized carbons (Fsp3) is 0.250. The average Bonchev–Trinajstić information content (AvgIpc) is 3.20. The Morgan fingerprint density at radius 2 is 1.94 bits per heavy atom. The van der Waals surface area contributed by atoms with Crippen molar-refractivity contribution in [2.24, 2.45) is 7.05 Å². The molecule has 1 aliphatic rings. The highest BCUT2D eigenvalue weighted by Gasteiger charge is 2.25. The minimum Gasteiger partial charge on any atom is -0.345 e. The predicted octanol–water partition coefficient (Wildman–Crippen LogP) is 3.79. The maximum Gasteiger partial charge on any atom is 0.252 e. The molecule has 0 bridgehead atoms. The molecule has 1 fully saturated rings. The van der Waals surface area contributed by atoms with Crippen LogP contribution in [0.2, 0.25) is 0 Å². The summed E-state index contributed by atoms with van der Waals surface area (Å²) in [5.74, 6) is 1.33. The molecule has 2 aromatic heterocycles. The fourth-order valence-corrected chi connectivity index (χ4v) is 3.93. The molecular weight excluding hydrogens is 392 g/mol. The van der Waals surface area contributed by atoms with E-state index in [1.807, 2.05) is 30.3 Å². The van der Waals surface area contributed by atoms with Gasteiger partial charge in [0.05, 0.1) is 6.54 Å². The van der Waals surface area contributed by atoms with Crippen molar-refractivity contribution in [1.82, 2.24) is 20.0 Å². The smallest absolute Gasteiger partial charge is 0.252 e. The second-order valence-corrected chi connectivity index (χ2v) is 7.93. The predicted molar refractivity (Wildman–Crippen MR) is 117 cm³/mol. The van der Waals surface area contributed by atoms with Gasteiger partial charge in [0.15, 0.2) is 5.82 Å². The minimum atomic E-state index is -0.196. The topological polar surface area (TPSA) is 90.0 Å². The Kier molecular flexibility index (Phi) is 4.86. The van der Waals surface area contributed by atoms with Crippen molar-refractivity contribution in [2.45, 2.75) is 31.7 Å². The first-order valence-corrected chi connectivity index (χ1v) is 10.4. The number of hydrogen-bond donors (Lipinski definition) is 1. The third kappa shape index (κ3) is 3.63. The van der Waals surface area contributed by atoms with Gasteiger partial charge in [0, 0.05) is 30.8 Å². The average molecular weight is 414 g/mol. The van der Waals surface area contributed by atoms with Crippen molar-refractivity contribution in [2.75, 3.05) is 0 Å². The molecule has 7 nitrogen and oxygen atoms in total.